The largest absolute Gasteiger partial charge is 0.433 e. The monoisotopic (exact) mass is 307 g/mol. The van der Waals surface area contributed by atoms with Crippen LogP contribution in [0.2, 0.25) is 0 Å². The molecule has 2 N–H and O–H groups in total. The molecule has 2 aromatic rings. The molecular formula is C15H12F3N3O. The zero-order valence-corrected chi connectivity index (χ0v) is 11.4. The van der Waals surface area contributed by atoms with Crippen molar-refractivity contribution < 1.29 is 18.0 Å². The molecule has 0 saturated heterocycles. The van der Waals surface area contributed by atoms with E-state index in [2.05, 4.69) is 4.98 Å². The van der Waals surface area contributed by atoms with Gasteiger partial charge in [-0.15, -0.1) is 0 Å². The van der Waals surface area contributed by atoms with E-state index in [1.165, 1.54) is 4.90 Å². The van der Waals surface area contributed by atoms with Gasteiger partial charge in [0.05, 0.1) is 18.7 Å². The highest BCUT2D eigenvalue weighted by molar-refractivity contribution is 6.02. The van der Waals surface area contributed by atoms with Gasteiger partial charge in [-0.3, -0.25) is 4.79 Å². The fraction of sp³-hybridized carbons (Fsp3) is 0.200. The molecule has 0 saturated carbocycles. The van der Waals surface area contributed by atoms with Gasteiger partial charge in [0.2, 0.25) is 5.91 Å². The van der Waals surface area contributed by atoms with Gasteiger partial charge in [-0.2, -0.15) is 13.2 Å². The van der Waals surface area contributed by atoms with E-state index < -0.39 is 11.9 Å². The quantitative estimate of drug-likeness (QED) is 0.928. The average molecular weight is 307 g/mol. The van der Waals surface area contributed by atoms with Gasteiger partial charge in [-0.05, 0) is 11.6 Å². The number of nitrogen functional groups attached to an aromatic ring is 1. The van der Waals surface area contributed by atoms with Crippen molar-refractivity contribution in [2.24, 2.45) is 0 Å². The molecule has 4 nitrogen and oxygen atoms in total. The summed E-state index contributed by atoms with van der Waals surface area (Å²) in [5.41, 5.74) is 5.88. The molecule has 1 aromatic heterocycles. The van der Waals surface area contributed by atoms with Crippen molar-refractivity contribution in [2.45, 2.75) is 19.1 Å². The molecule has 0 unspecified atom stereocenters. The SMILES string of the molecule is Nc1nc(C(F)(F)F)cc2c1CC(=O)N2Cc1ccccc1. The third-order valence-corrected chi connectivity index (χ3v) is 3.53. The second kappa shape index (κ2) is 5.01. The summed E-state index contributed by atoms with van der Waals surface area (Å²) in [6.07, 6.45) is -4.63. The number of nitrogens with zero attached hydrogens (tertiary/aromatic N) is 2. The predicted octanol–water partition coefficient (Wildman–Crippen LogP) is 2.77. The second-order valence-corrected chi connectivity index (χ2v) is 5.03. The molecule has 22 heavy (non-hydrogen) atoms. The van der Waals surface area contributed by atoms with Crippen LogP contribution in [0, 0.1) is 0 Å². The molecule has 0 fully saturated rings. The molecule has 0 spiro atoms. The highest BCUT2D eigenvalue weighted by Gasteiger charge is 2.37. The number of hydrogen-bond acceptors (Lipinski definition) is 3. The van der Waals surface area contributed by atoms with E-state index in [9.17, 15) is 18.0 Å². The first kappa shape index (κ1) is 14.4. The van der Waals surface area contributed by atoms with Crippen LogP contribution in [0.15, 0.2) is 36.4 Å². The summed E-state index contributed by atoms with van der Waals surface area (Å²) >= 11 is 0. The van der Waals surface area contributed by atoms with Gasteiger partial charge in [-0.25, -0.2) is 4.98 Å². The lowest BCUT2D eigenvalue weighted by atomic mass is 10.1. The summed E-state index contributed by atoms with van der Waals surface area (Å²) in [6, 6.07) is 9.94. The van der Waals surface area contributed by atoms with E-state index in [0.29, 0.717) is 5.56 Å². The Labute approximate surface area is 124 Å². The van der Waals surface area contributed by atoms with Gasteiger partial charge in [0.15, 0.2) is 0 Å². The van der Waals surface area contributed by atoms with Gasteiger partial charge in [0, 0.05) is 5.56 Å². The number of fused-ring (bicyclic) bond motifs is 1. The normalized spacial score (nSPS) is 14.3. The van der Waals surface area contributed by atoms with Crippen LogP contribution in [0.5, 0.6) is 0 Å². The minimum atomic E-state index is -4.60. The van der Waals surface area contributed by atoms with Crippen molar-refractivity contribution in [1.29, 1.82) is 0 Å². The number of alkyl halides is 3. The first-order valence-corrected chi connectivity index (χ1v) is 6.57. The second-order valence-electron chi connectivity index (χ2n) is 5.03. The van der Waals surface area contributed by atoms with Crippen LogP contribution in [-0.2, 0) is 23.9 Å². The van der Waals surface area contributed by atoms with Crippen LogP contribution in [0.1, 0.15) is 16.8 Å². The molecule has 3 rings (SSSR count). The topological polar surface area (TPSA) is 59.2 Å². The molecule has 0 aliphatic carbocycles. The summed E-state index contributed by atoms with van der Waals surface area (Å²) in [4.78, 5) is 16.8. The maximum atomic E-state index is 12.9. The number of amides is 1. The summed E-state index contributed by atoms with van der Waals surface area (Å²) in [5.74, 6) is -0.527. The smallest absolute Gasteiger partial charge is 0.383 e. The molecule has 1 aromatic carbocycles. The van der Waals surface area contributed by atoms with Crippen molar-refractivity contribution in [1.82, 2.24) is 4.98 Å². The Morgan fingerprint density at radius 1 is 1.23 bits per heavy atom. The lowest BCUT2D eigenvalue weighted by Crippen LogP contribution is -2.26. The summed E-state index contributed by atoms with van der Waals surface area (Å²) in [6.45, 7) is 0.202. The first-order chi connectivity index (χ1) is 10.4. The number of anilines is 2. The highest BCUT2D eigenvalue weighted by Crippen LogP contribution is 2.38. The van der Waals surface area contributed by atoms with Crippen LogP contribution in [0.4, 0.5) is 24.7 Å². The zero-order valence-electron chi connectivity index (χ0n) is 11.4. The fourth-order valence-electron chi connectivity index (χ4n) is 2.46. The van der Waals surface area contributed by atoms with E-state index >= 15 is 0 Å². The lowest BCUT2D eigenvalue weighted by Gasteiger charge is -2.19. The standard InChI is InChI=1S/C15H12F3N3O/c16-15(17,18)12-7-11-10(14(19)20-12)6-13(22)21(11)8-9-4-2-1-3-5-9/h1-5,7H,6,8H2,(H2,19,20). The number of nitrogens with two attached hydrogens (primary N) is 1. The lowest BCUT2D eigenvalue weighted by molar-refractivity contribution is -0.141. The Balaban J connectivity index is 2.03. The third-order valence-electron chi connectivity index (χ3n) is 3.53. The molecular weight excluding hydrogens is 295 g/mol. The van der Waals surface area contributed by atoms with Gasteiger partial charge >= 0.3 is 6.18 Å². The van der Waals surface area contributed by atoms with Crippen LogP contribution in [-0.4, -0.2) is 10.9 Å². The van der Waals surface area contributed by atoms with E-state index in [4.69, 9.17) is 5.73 Å². The Morgan fingerprint density at radius 2 is 1.91 bits per heavy atom. The maximum absolute atomic E-state index is 12.9. The first-order valence-electron chi connectivity index (χ1n) is 6.57. The number of carbonyl (C=O) groups is 1. The van der Waals surface area contributed by atoms with Crippen molar-refractivity contribution >= 4 is 17.4 Å². The van der Waals surface area contributed by atoms with Crippen molar-refractivity contribution in [3.63, 3.8) is 0 Å². The number of carbonyl (C=O) groups excluding carboxylic acids is 1. The molecule has 7 heteroatoms. The van der Waals surface area contributed by atoms with Crippen molar-refractivity contribution in [2.75, 3.05) is 10.6 Å². The molecule has 0 radical (unpaired) electrons. The third kappa shape index (κ3) is 2.49. The van der Waals surface area contributed by atoms with E-state index in [1.807, 2.05) is 6.07 Å². The van der Waals surface area contributed by atoms with Crippen LogP contribution < -0.4 is 10.6 Å². The van der Waals surface area contributed by atoms with Crippen LogP contribution >= 0.6 is 0 Å². The molecule has 1 aliphatic rings. The number of benzene rings is 1. The molecule has 0 bridgehead atoms. The zero-order chi connectivity index (χ0) is 15.9. The summed E-state index contributed by atoms with van der Waals surface area (Å²) < 4.78 is 38.6. The Morgan fingerprint density at radius 3 is 2.55 bits per heavy atom. The Bertz CT molecular complexity index is 729. The highest BCUT2D eigenvalue weighted by atomic mass is 19.4. The number of halogens is 3. The van der Waals surface area contributed by atoms with E-state index in [1.54, 1.807) is 24.3 Å². The number of pyridine rings is 1. The summed E-state index contributed by atoms with van der Waals surface area (Å²) in [5, 5.41) is 0. The predicted molar refractivity (Wildman–Crippen MR) is 75.0 cm³/mol. The summed E-state index contributed by atoms with van der Waals surface area (Å²) in [7, 11) is 0. The molecule has 1 amide bonds. The molecule has 1 aliphatic heterocycles. The Hall–Kier alpha value is -2.57. The van der Waals surface area contributed by atoms with E-state index in [-0.39, 0.29) is 30.4 Å². The maximum Gasteiger partial charge on any atom is 0.433 e. The minimum Gasteiger partial charge on any atom is -0.383 e. The number of hydrogen-bond donors (Lipinski definition) is 1. The van der Waals surface area contributed by atoms with Crippen LogP contribution in [0.3, 0.4) is 0 Å². The van der Waals surface area contributed by atoms with Gasteiger partial charge < -0.3 is 10.6 Å². The molecule has 2 heterocycles. The molecule has 114 valence electrons. The Kier molecular flexibility index (Phi) is 3.27. The van der Waals surface area contributed by atoms with Gasteiger partial charge in [0.25, 0.3) is 0 Å². The van der Waals surface area contributed by atoms with Crippen molar-refractivity contribution in [3.05, 3.63) is 53.2 Å². The minimum absolute atomic E-state index is 0.0286. The average Bonchev–Trinajstić information content (AvgIpc) is 2.77. The van der Waals surface area contributed by atoms with Gasteiger partial charge in [-0.1, -0.05) is 30.3 Å². The van der Waals surface area contributed by atoms with E-state index in [0.717, 1.165) is 11.6 Å². The number of rotatable bonds is 2. The van der Waals surface area contributed by atoms with Crippen LogP contribution in [0.25, 0.3) is 0 Å². The molecule has 0 atom stereocenters. The van der Waals surface area contributed by atoms with Gasteiger partial charge in [0.1, 0.15) is 11.5 Å². The fourth-order valence-corrected chi connectivity index (χ4v) is 2.46. The number of aromatic nitrogens is 1. The van der Waals surface area contributed by atoms with Crippen molar-refractivity contribution in [3.8, 4) is 0 Å².